The smallest absolute Gasteiger partial charge is 0.233 e. The van der Waals surface area contributed by atoms with Crippen LogP contribution in [0.2, 0.25) is 5.02 Å². The van der Waals surface area contributed by atoms with Crippen molar-refractivity contribution in [3.63, 3.8) is 0 Å². The Balaban J connectivity index is 1.64. The van der Waals surface area contributed by atoms with E-state index < -0.39 is 0 Å². The largest absolute Gasteiger partial charge is 0.496 e. The number of halogens is 1. The molecule has 0 N–H and O–H groups in total. The SMILES string of the molecule is COc1ccc(Cl)cc1-c1nnc(SCC(=O)N(CCC(C)C)CCC(C)C)n1-c1ccc(Oc2ccccc2)cc1. The molecule has 0 radical (unpaired) electrons. The number of methoxy groups -OCH3 is 1. The van der Waals surface area contributed by atoms with Crippen molar-refractivity contribution in [3.8, 4) is 34.3 Å². The van der Waals surface area contributed by atoms with Crippen LogP contribution >= 0.6 is 23.4 Å². The highest BCUT2D eigenvalue weighted by atomic mass is 35.5. The van der Waals surface area contributed by atoms with Gasteiger partial charge in [-0.1, -0.05) is 69.3 Å². The Kier molecular flexibility index (Phi) is 11.3. The van der Waals surface area contributed by atoms with Crippen molar-refractivity contribution in [1.29, 1.82) is 0 Å². The van der Waals surface area contributed by atoms with Crippen molar-refractivity contribution >= 4 is 29.3 Å². The predicted octanol–water partition coefficient (Wildman–Crippen LogP) is 8.40. The van der Waals surface area contributed by atoms with Crippen LogP contribution in [-0.4, -0.2) is 51.5 Å². The van der Waals surface area contributed by atoms with Crippen molar-refractivity contribution < 1.29 is 14.3 Å². The number of nitrogens with zero attached hydrogens (tertiary/aromatic N) is 4. The molecule has 7 nitrogen and oxygen atoms in total. The van der Waals surface area contributed by atoms with Gasteiger partial charge in [0.2, 0.25) is 5.91 Å². The molecule has 0 saturated heterocycles. The topological polar surface area (TPSA) is 69.5 Å². The normalized spacial score (nSPS) is 11.2. The molecular formula is C33H39ClN4O3S. The zero-order valence-electron chi connectivity index (χ0n) is 24.9. The van der Waals surface area contributed by atoms with Crippen molar-refractivity contribution in [1.82, 2.24) is 19.7 Å². The fraction of sp³-hybridized carbons (Fsp3) is 0.364. The van der Waals surface area contributed by atoms with Crippen LogP contribution in [0.15, 0.2) is 78.0 Å². The van der Waals surface area contributed by atoms with E-state index in [0.717, 1.165) is 37.4 Å². The summed E-state index contributed by atoms with van der Waals surface area (Å²) >= 11 is 7.76. The number of amides is 1. The van der Waals surface area contributed by atoms with Gasteiger partial charge in [0.1, 0.15) is 17.2 Å². The zero-order valence-corrected chi connectivity index (χ0v) is 26.5. The van der Waals surface area contributed by atoms with Crippen LogP contribution in [0.25, 0.3) is 17.1 Å². The van der Waals surface area contributed by atoms with Crippen molar-refractivity contribution in [2.75, 3.05) is 26.0 Å². The van der Waals surface area contributed by atoms with E-state index in [1.165, 1.54) is 11.8 Å². The van der Waals surface area contributed by atoms with Crippen molar-refractivity contribution in [2.45, 2.75) is 45.7 Å². The highest BCUT2D eigenvalue weighted by Gasteiger charge is 2.22. The average Bonchev–Trinajstić information content (AvgIpc) is 3.40. The maximum absolute atomic E-state index is 13.4. The average molecular weight is 607 g/mol. The minimum absolute atomic E-state index is 0.101. The van der Waals surface area contributed by atoms with E-state index in [4.69, 9.17) is 21.1 Å². The van der Waals surface area contributed by atoms with Crippen molar-refractivity contribution in [2.24, 2.45) is 11.8 Å². The molecule has 42 heavy (non-hydrogen) atoms. The van der Waals surface area contributed by atoms with Crippen LogP contribution in [0, 0.1) is 11.8 Å². The van der Waals surface area contributed by atoms with Gasteiger partial charge < -0.3 is 14.4 Å². The van der Waals surface area contributed by atoms with E-state index >= 15 is 0 Å². The molecule has 0 fully saturated rings. The molecule has 1 amide bonds. The highest BCUT2D eigenvalue weighted by Crippen LogP contribution is 2.36. The minimum atomic E-state index is 0.101. The molecule has 222 valence electrons. The molecule has 0 spiro atoms. The first-order chi connectivity index (χ1) is 20.2. The zero-order chi connectivity index (χ0) is 30.1. The van der Waals surface area contributed by atoms with Crippen LogP contribution in [0.3, 0.4) is 0 Å². The molecular weight excluding hydrogens is 568 g/mol. The van der Waals surface area contributed by atoms with E-state index in [9.17, 15) is 4.79 Å². The monoisotopic (exact) mass is 606 g/mol. The van der Waals surface area contributed by atoms with E-state index in [1.807, 2.05) is 76.2 Å². The van der Waals surface area contributed by atoms with Gasteiger partial charge in [0.15, 0.2) is 11.0 Å². The van der Waals surface area contributed by atoms with Crippen LogP contribution < -0.4 is 9.47 Å². The lowest BCUT2D eigenvalue weighted by atomic mass is 10.1. The molecule has 3 aromatic carbocycles. The van der Waals surface area contributed by atoms with Gasteiger partial charge in [-0.25, -0.2) is 0 Å². The number of benzene rings is 3. The van der Waals surface area contributed by atoms with E-state index in [0.29, 0.717) is 44.9 Å². The molecule has 0 saturated carbocycles. The molecule has 0 aliphatic heterocycles. The van der Waals surface area contributed by atoms with Crippen LogP contribution in [0.5, 0.6) is 17.2 Å². The Morgan fingerprint density at radius 3 is 2.17 bits per heavy atom. The van der Waals surface area contributed by atoms with Gasteiger partial charge in [0.25, 0.3) is 0 Å². The third kappa shape index (κ3) is 8.52. The second-order valence-electron chi connectivity index (χ2n) is 10.9. The fourth-order valence-corrected chi connectivity index (χ4v) is 5.35. The number of aromatic nitrogens is 3. The van der Waals surface area contributed by atoms with Gasteiger partial charge in [-0.3, -0.25) is 9.36 Å². The third-order valence-electron chi connectivity index (χ3n) is 6.74. The van der Waals surface area contributed by atoms with Gasteiger partial charge in [-0.05, 0) is 79.3 Å². The summed E-state index contributed by atoms with van der Waals surface area (Å²) in [5.74, 6) is 4.07. The number of hydrogen-bond acceptors (Lipinski definition) is 6. The molecule has 0 atom stereocenters. The Hall–Kier alpha value is -3.49. The quantitative estimate of drug-likeness (QED) is 0.134. The summed E-state index contributed by atoms with van der Waals surface area (Å²) in [6.45, 7) is 10.2. The molecule has 0 aliphatic carbocycles. The summed E-state index contributed by atoms with van der Waals surface area (Å²) < 4.78 is 13.6. The summed E-state index contributed by atoms with van der Waals surface area (Å²) in [7, 11) is 1.61. The second-order valence-corrected chi connectivity index (χ2v) is 12.3. The van der Waals surface area contributed by atoms with Crippen molar-refractivity contribution in [3.05, 3.63) is 77.8 Å². The van der Waals surface area contributed by atoms with Crippen LogP contribution in [0.4, 0.5) is 0 Å². The molecule has 0 bridgehead atoms. The molecule has 4 aromatic rings. The van der Waals surface area contributed by atoms with Gasteiger partial charge in [-0.2, -0.15) is 0 Å². The molecule has 0 unspecified atom stereocenters. The number of ether oxygens (including phenoxy) is 2. The number of hydrogen-bond donors (Lipinski definition) is 0. The molecule has 0 aliphatic rings. The maximum Gasteiger partial charge on any atom is 0.233 e. The molecule has 4 rings (SSSR count). The highest BCUT2D eigenvalue weighted by molar-refractivity contribution is 7.99. The lowest BCUT2D eigenvalue weighted by molar-refractivity contribution is -0.128. The third-order valence-corrected chi connectivity index (χ3v) is 7.89. The van der Waals surface area contributed by atoms with Gasteiger partial charge in [0.05, 0.1) is 24.1 Å². The number of carbonyl (C=O) groups is 1. The Labute approximate surface area is 258 Å². The van der Waals surface area contributed by atoms with E-state index in [1.54, 1.807) is 13.2 Å². The first-order valence-corrected chi connectivity index (χ1v) is 15.6. The molecule has 1 aromatic heterocycles. The van der Waals surface area contributed by atoms with Gasteiger partial charge in [-0.15, -0.1) is 10.2 Å². The second kappa shape index (κ2) is 15.1. The number of carbonyl (C=O) groups excluding carboxylic acids is 1. The Morgan fingerprint density at radius 2 is 1.55 bits per heavy atom. The number of rotatable bonds is 14. The first kappa shape index (κ1) is 31.4. The summed E-state index contributed by atoms with van der Waals surface area (Å²) in [4.78, 5) is 15.4. The summed E-state index contributed by atoms with van der Waals surface area (Å²) in [6.07, 6.45) is 1.95. The molecule has 9 heteroatoms. The first-order valence-electron chi connectivity index (χ1n) is 14.3. The van der Waals surface area contributed by atoms with Gasteiger partial charge >= 0.3 is 0 Å². The number of thioether (sulfide) groups is 1. The lowest BCUT2D eigenvalue weighted by Gasteiger charge is -2.24. The lowest BCUT2D eigenvalue weighted by Crippen LogP contribution is -2.35. The summed E-state index contributed by atoms with van der Waals surface area (Å²) in [5, 5.41) is 10.2. The minimum Gasteiger partial charge on any atom is -0.496 e. The van der Waals surface area contributed by atoms with Crippen LogP contribution in [-0.2, 0) is 4.79 Å². The predicted molar refractivity (Wildman–Crippen MR) is 171 cm³/mol. The molecule has 1 heterocycles. The Morgan fingerprint density at radius 1 is 0.905 bits per heavy atom. The summed E-state index contributed by atoms with van der Waals surface area (Å²) in [5.41, 5.74) is 1.53. The standard InChI is InChI=1S/C33H39ClN4O3S/c1-23(2)17-19-37(20-18-24(3)4)31(39)22-42-33-36-35-32(29-21-25(34)11-16-30(29)40-5)38(33)26-12-14-28(15-13-26)41-27-9-7-6-8-10-27/h6-16,21,23-24H,17-20,22H2,1-5H3. The number of para-hydroxylation sites is 1. The summed E-state index contributed by atoms with van der Waals surface area (Å²) in [6, 6.07) is 22.7. The van der Waals surface area contributed by atoms with Gasteiger partial charge in [0, 0.05) is 18.1 Å². The Bertz CT molecular complexity index is 1430. The van der Waals surface area contributed by atoms with E-state index in [2.05, 4.69) is 37.9 Å². The maximum atomic E-state index is 13.4. The van der Waals surface area contributed by atoms with E-state index in [-0.39, 0.29) is 11.7 Å². The van der Waals surface area contributed by atoms with Crippen LogP contribution in [0.1, 0.15) is 40.5 Å². The fourth-order valence-electron chi connectivity index (χ4n) is 4.32.